The Morgan fingerprint density at radius 3 is 1.55 bits per heavy atom. The van der Waals surface area contributed by atoms with Gasteiger partial charge in [0.25, 0.3) is 0 Å². The minimum absolute atomic E-state index is 0.338. The van der Waals surface area contributed by atoms with Gasteiger partial charge >= 0.3 is 11.8 Å². The van der Waals surface area contributed by atoms with E-state index < -0.39 is 11.8 Å². The van der Waals surface area contributed by atoms with Gasteiger partial charge in [-0.25, -0.2) is 0 Å². The number of nitrogens with zero attached hydrogens (tertiary/aromatic N) is 1. The fourth-order valence-electron chi connectivity index (χ4n) is 1.84. The van der Waals surface area contributed by atoms with Gasteiger partial charge in [0, 0.05) is 0 Å². The summed E-state index contributed by atoms with van der Waals surface area (Å²) in [6.07, 6.45) is 0. The molecule has 6 N–H and O–H groups in total. The zero-order valence-electron chi connectivity index (χ0n) is 10.6. The van der Waals surface area contributed by atoms with Crippen LogP contribution in [0.1, 0.15) is 0 Å². The van der Waals surface area contributed by atoms with Gasteiger partial charge in [-0.2, -0.15) is 0 Å². The van der Waals surface area contributed by atoms with E-state index in [2.05, 4.69) is 0 Å². The molecule has 6 nitrogen and oxygen atoms in total. The van der Waals surface area contributed by atoms with Crippen LogP contribution in [0, 0.1) is 0 Å². The van der Waals surface area contributed by atoms with E-state index in [9.17, 15) is 9.59 Å². The SMILES string of the molecule is NC(=O)C(=O)N(c1ccccc1N)c1ccccc1N. The van der Waals surface area contributed by atoms with Crippen LogP contribution in [0.15, 0.2) is 48.5 Å². The molecule has 0 saturated heterocycles. The zero-order valence-corrected chi connectivity index (χ0v) is 10.6. The number of nitrogens with two attached hydrogens (primary N) is 3. The van der Waals surface area contributed by atoms with Crippen LogP contribution in [0.4, 0.5) is 22.7 Å². The van der Waals surface area contributed by atoms with Crippen molar-refractivity contribution in [1.82, 2.24) is 0 Å². The third-order valence-corrected chi connectivity index (χ3v) is 2.77. The van der Waals surface area contributed by atoms with Crippen molar-refractivity contribution >= 4 is 34.6 Å². The highest BCUT2D eigenvalue weighted by atomic mass is 16.2. The Bertz CT molecular complexity index is 624. The molecule has 0 saturated carbocycles. The Balaban J connectivity index is 2.63. The number of benzene rings is 2. The summed E-state index contributed by atoms with van der Waals surface area (Å²) in [6, 6.07) is 13.3. The number of primary amides is 1. The van der Waals surface area contributed by atoms with Crippen LogP contribution in [-0.4, -0.2) is 11.8 Å². The van der Waals surface area contributed by atoms with Gasteiger partial charge in [-0.15, -0.1) is 0 Å². The lowest BCUT2D eigenvalue weighted by Gasteiger charge is -2.24. The third kappa shape index (κ3) is 2.39. The molecule has 0 heterocycles. The van der Waals surface area contributed by atoms with Crippen LogP contribution < -0.4 is 22.1 Å². The highest BCUT2D eigenvalue weighted by Gasteiger charge is 2.25. The predicted molar refractivity (Wildman–Crippen MR) is 78.0 cm³/mol. The molecule has 2 rings (SSSR count). The summed E-state index contributed by atoms with van der Waals surface area (Å²) in [4.78, 5) is 24.5. The summed E-state index contributed by atoms with van der Waals surface area (Å²) < 4.78 is 0. The minimum atomic E-state index is -1.09. The van der Waals surface area contributed by atoms with E-state index in [0.717, 1.165) is 4.90 Å². The molecule has 0 bridgehead atoms. The van der Waals surface area contributed by atoms with Crippen LogP contribution in [0.5, 0.6) is 0 Å². The number of para-hydroxylation sites is 4. The average Bonchev–Trinajstić information content (AvgIpc) is 2.43. The van der Waals surface area contributed by atoms with Crippen LogP contribution in [0.25, 0.3) is 0 Å². The van der Waals surface area contributed by atoms with Crippen molar-refractivity contribution in [3.63, 3.8) is 0 Å². The molecule has 20 heavy (non-hydrogen) atoms. The molecule has 2 aromatic carbocycles. The number of anilines is 4. The maximum atomic E-state index is 12.1. The number of carbonyl (C=O) groups excluding carboxylic acids is 2. The average molecular weight is 270 g/mol. The molecule has 2 aromatic rings. The third-order valence-electron chi connectivity index (χ3n) is 2.77. The second-order valence-corrected chi connectivity index (χ2v) is 4.12. The number of amides is 2. The molecular formula is C14H14N4O2. The van der Waals surface area contributed by atoms with E-state index >= 15 is 0 Å². The summed E-state index contributed by atoms with van der Waals surface area (Å²) in [7, 11) is 0. The molecule has 0 spiro atoms. The maximum Gasteiger partial charge on any atom is 0.320 e. The summed E-state index contributed by atoms with van der Waals surface area (Å²) in [5.41, 5.74) is 18.2. The molecule has 0 unspecified atom stereocenters. The van der Waals surface area contributed by atoms with Gasteiger partial charge in [-0.05, 0) is 24.3 Å². The Labute approximate surface area is 115 Å². The molecule has 2 amide bonds. The van der Waals surface area contributed by atoms with Gasteiger partial charge in [0.1, 0.15) is 0 Å². The highest BCUT2D eigenvalue weighted by Crippen LogP contribution is 2.33. The molecule has 6 heteroatoms. The van der Waals surface area contributed by atoms with Gasteiger partial charge in [-0.3, -0.25) is 14.5 Å². The second-order valence-electron chi connectivity index (χ2n) is 4.12. The summed E-state index contributed by atoms with van der Waals surface area (Å²) in [5.74, 6) is -1.99. The number of hydrogen-bond acceptors (Lipinski definition) is 4. The monoisotopic (exact) mass is 270 g/mol. The van der Waals surface area contributed by atoms with E-state index in [0.29, 0.717) is 22.7 Å². The Morgan fingerprint density at radius 1 is 0.800 bits per heavy atom. The van der Waals surface area contributed by atoms with Crippen molar-refractivity contribution in [3.8, 4) is 0 Å². The number of rotatable bonds is 2. The van der Waals surface area contributed by atoms with Crippen molar-refractivity contribution in [2.24, 2.45) is 5.73 Å². The second kappa shape index (κ2) is 5.31. The molecule has 102 valence electrons. The van der Waals surface area contributed by atoms with Gasteiger partial charge in [0.15, 0.2) is 0 Å². The van der Waals surface area contributed by atoms with Crippen molar-refractivity contribution in [1.29, 1.82) is 0 Å². The number of carbonyl (C=O) groups is 2. The van der Waals surface area contributed by atoms with E-state index in [1.54, 1.807) is 48.5 Å². The molecule has 0 radical (unpaired) electrons. The summed E-state index contributed by atoms with van der Waals surface area (Å²) >= 11 is 0. The molecule has 0 aliphatic heterocycles. The summed E-state index contributed by atoms with van der Waals surface area (Å²) in [5, 5.41) is 0. The minimum Gasteiger partial charge on any atom is -0.397 e. The fourth-order valence-corrected chi connectivity index (χ4v) is 1.84. The lowest BCUT2D eigenvalue weighted by Crippen LogP contribution is -2.38. The lowest BCUT2D eigenvalue weighted by molar-refractivity contribution is -0.135. The fraction of sp³-hybridized carbons (Fsp3) is 0. The first kappa shape index (κ1) is 13.4. The topological polar surface area (TPSA) is 115 Å². The maximum absolute atomic E-state index is 12.1. The Morgan fingerprint density at radius 2 is 1.20 bits per heavy atom. The molecule has 0 atom stereocenters. The molecular weight excluding hydrogens is 256 g/mol. The van der Waals surface area contributed by atoms with Crippen LogP contribution >= 0.6 is 0 Å². The van der Waals surface area contributed by atoms with Crippen LogP contribution in [-0.2, 0) is 9.59 Å². The zero-order chi connectivity index (χ0) is 14.7. The van der Waals surface area contributed by atoms with E-state index in [1.165, 1.54) is 0 Å². The van der Waals surface area contributed by atoms with Crippen molar-refractivity contribution in [3.05, 3.63) is 48.5 Å². The lowest BCUT2D eigenvalue weighted by atomic mass is 10.2. The van der Waals surface area contributed by atoms with Crippen molar-refractivity contribution in [2.75, 3.05) is 16.4 Å². The first-order valence-corrected chi connectivity index (χ1v) is 5.85. The van der Waals surface area contributed by atoms with E-state index in [4.69, 9.17) is 17.2 Å². The van der Waals surface area contributed by atoms with E-state index in [-0.39, 0.29) is 0 Å². The van der Waals surface area contributed by atoms with Gasteiger partial charge in [0.2, 0.25) is 0 Å². The first-order chi connectivity index (χ1) is 9.52. The molecule has 0 aliphatic carbocycles. The van der Waals surface area contributed by atoms with E-state index in [1.807, 2.05) is 0 Å². The van der Waals surface area contributed by atoms with Crippen molar-refractivity contribution < 1.29 is 9.59 Å². The first-order valence-electron chi connectivity index (χ1n) is 5.85. The van der Waals surface area contributed by atoms with Crippen molar-refractivity contribution in [2.45, 2.75) is 0 Å². The standard InChI is InChI=1S/C14H14N4O2/c15-9-5-1-3-7-11(9)18(14(20)13(17)19)12-8-4-2-6-10(12)16/h1-8H,15-16H2,(H2,17,19). The molecule has 0 fully saturated rings. The smallest absolute Gasteiger partial charge is 0.320 e. The van der Waals surface area contributed by atoms with Crippen LogP contribution in [0.2, 0.25) is 0 Å². The predicted octanol–water partition coefficient (Wildman–Crippen LogP) is 1.00. The van der Waals surface area contributed by atoms with Crippen LogP contribution in [0.3, 0.4) is 0 Å². The highest BCUT2D eigenvalue weighted by molar-refractivity contribution is 6.42. The molecule has 0 aromatic heterocycles. The summed E-state index contributed by atoms with van der Waals surface area (Å²) in [6.45, 7) is 0. The van der Waals surface area contributed by atoms with Gasteiger partial charge in [-0.1, -0.05) is 24.3 Å². The molecule has 0 aliphatic rings. The Hall–Kier alpha value is -3.02. The normalized spacial score (nSPS) is 10.0. The van der Waals surface area contributed by atoms with Gasteiger partial charge in [0.05, 0.1) is 22.7 Å². The quantitative estimate of drug-likeness (QED) is 0.557. The van der Waals surface area contributed by atoms with Gasteiger partial charge < -0.3 is 17.2 Å². The Kier molecular flexibility index (Phi) is 3.56. The number of nitrogen functional groups attached to an aromatic ring is 2. The number of hydrogen-bond donors (Lipinski definition) is 3. The largest absolute Gasteiger partial charge is 0.397 e.